The SMILES string of the molecule is CN(c1ccccc1F)c1c(F)cc(-c2cccc(-c3ccccc3)c2)cc1-c1ccccc1. The fourth-order valence-corrected chi connectivity index (χ4v) is 4.30. The van der Waals surface area contributed by atoms with E-state index in [1.807, 2.05) is 72.8 Å². The summed E-state index contributed by atoms with van der Waals surface area (Å²) in [6.45, 7) is 0. The van der Waals surface area contributed by atoms with Gasteiger partial charge in [0.1, 0.15) is 11.6 Å². The maximum Gasteiger partial charge on any atom is 0.148 e. The van der Waals surface area contributed by atoms with Crippen molar-refractivity contribution in [3.05, 3.63) is 133 Å². The fourth-order valence-electron chi connectivity index (χ4n) is 4.30. The third kappa shape index (κ3) is 4.20. The minimum atomic E-state index is -0.410. The molecule has 1 nitrogen and oxygen atoms in total. The summed E-state index contributed by atoms with van der Waals surface area (Å²) < 4.78 is 30.4. The summed E-state index contributed by atoms with van der Waals surface area (Å²) in [5, 5.41) is 0. The molecule has 0 radical (unpaired) electrons. The maximum atomic E-state index is 15.8. The van der Waals surface area contributed by atoms with E-state index in [4.69, 9.17) is 0 Å². The van der Waals surface area contributed by atoms with Gasteiger partial charge in [0.25, 0.3) is 0 Å². The molecule has 0 aliphatic rings. The molecule has 5 rings (SSSR count). The largest absolute Gasteiger partial charge is 0.339 e. The molecular weight excluding hydrogens is 424 g/mol. The molecule has 0 aliphatic carbocycles. The van der Waals surface area contributed by atoms with Gasteiger partial charge in [-0.15, -0.1) is 0 Å². The predicted octanol–water partition coefficient (Wildman–Crippen LogP) is 8.73. The van der Waals surface area contributed by atoms with Gasteiger partial charge in [0, 0.05) is 12.6 Å². The molecule has 0 unspecified atom stereocenters. The lowest BCUT2D eigenvalue weighted by molar-refractivity contribution is 0.618. The Morgan fingerprint density at radius 2 is 1.03 bits per heavy atom. The van der Waals surface area contributed by atoms with E-state index in [-0.39, 0.29) is 0 Å². The molecule has 0 atom stereocenters. The molecule has 0 N–H and O–H groups in total. The van der Waals surface area contributed by atoms with Gasteiger partial charge in [-0.3, -0.25) is 0 Å². The standard InChI is InChI=1S/C31H23F2N/c1-34(30-18-9-8-17-28(30)32)31-27(23-13-6-3-7-14-23)20-26(21-29(31)33)25-16-10-15-24(19-25)22-11-4-2-5-12-22/h2-21H,1H3. The molecule has 166 valence electrons. The van der Waals surface area contributed by atoms with E-state index in [1.165, 1.54) is 12.1 Å². The van der Waals surface area contributed by atoms with Crippen LogP contribution in [0.5, 0.6) is 0 Å². The number of nitrogens with zero attached hydrogens (tertiary/aromatic N) is 1. The predicted molar refractivity (Wildman–Crippen MR) is 137 cm³/mol. The zero-order valence-electron chi connectivity index (χ0n) is 18.8. The molecule has 3 heteroatoms. The Kier molecular flexibility index (Phi) is 5.92. The molecule has 0 amide bonds. The summed E-state index contributed by atoms with van der Waals surface area (Å²) in [5.74, 6) is -0.810. The van der Waals surface area contributed by atoms with Crippen LogP contribution in [-0.2, 0) is 0 Å². The number of rotatable bonds is 5. The highest BCUT2D eigenvalue weighted by atomic mass is 19.1. The molecule has 34 heavy (non-hydrogen) atoms. The fraction of sp³-hybridized carbons (Fsp3) is 0.0323. The van der Waals surface area contributed by atoms with Gasteiger partial charge in [-0.05, 0) is 58.1 Å². The van der Waals surface area contributed by atoms with Crippen LogP contribution < -0.4 is 4.90 Å². The number of hydrogen-bond acceptors (Lipinski definition) is 1. The highest BCUT2D eigenvalue weighted by Gasteiger charge is 2.20. The van der Waals surface area contributed by atoms with Crippen molar-refractivity contribution in [1.29, 1.82) is 0 Å². The van der Waals surface area contributed by atoms with Gasteiger partial charge in [-0.2, -0.15) is 0 Å². The van der Waals surface area contributed by atoms with E-state index in [0.29, 0.717) is 16.9 Å². The lowest BCUT2D eigenvalue weighted by Crippen LogP contribution is -2.14. The minimum Gasteiger partial charge on any atom is -0.339 e. The van der Waals surface area contributed by atoms with E-state index in [2.05, 4.69) is 18.2 Å². The van der Waals surface area contributed by atoms with Crippen LogP contribution in [0.25, 0.3) is 33.4 Å². The van der Waals surface area contributed by atoms with Crippen LogP contribution in [0.15, 0.2) is 121 Å². The molecule has 0 saturated carbocycles. The lowest BCUT2D eigenvalue weighted by Gasteiger charge is -2.25. The average Bonchev–Trinajstić information content (AvgIpc) is 2.89. The van der Waals surface area contributed by atoms with Gasteiger partial charge in [0.15, 0.2) is 0 Å². The van der Waals surface area contributed by atoms with Crippen LogP contribution >= 0.6 is 0 Å². The first-order chi connectivity index (χ1) is 16.6. The maximum absolute atomic E-state index is 15.8. The summed E-state index contributed by atoms with van der Waals surface area (Å²) in [4.78, 5) is 1.58. The summed E-state index contributed by atoms with van der Waals surface area (Å²) >= 11 is 0. The Morgan fingerprint density at radius 3 is 1.71 bits per heavy atom. The Bertz CT molecular complexity index is 1430. The van der Waals surface area contributed by atoms with Crippen molar-refractivity contribution in [2.45, 2.75) is 0 Å². The molecule has 0 fully saturated rings. The number of halogens is 2. The molecule has 0 bridgehead atoms. The third-order valence-corrected chi connectivity index (χ3v) is 6.00. The van der Waals surface area contributed by atoms with E-state index >= 15 is 4.39 Å². The van der Waals surface area contributed by atoms with Crippen molar-refractivity contribution in [1.82, 2.24) is 0 Å². The van der Waals surface area contributed by atoms with Gasteiger partial charge < -0.3 is 4.90 Å². The van der Waals surface area contributed by atoms with Gasteiger partial charge in [0.05, 0.1) is 11.4 Å². The number of benzene rings is 5. The molecule has 0 heterocycles. The molecular formula is C31H23F2N. The smallest absolute Gasteiger partial charge is 0.148 e. The molecule has 0 spiro atoms. The zero-order chi connectivity index (χ0) is 23.5. The molecule has 0 aromatic heterocycles. The van der Waals surface area contributed by atoms with Gasteiger partial charge in [-0.1, -0.05) is 91.0 Å². The van der Waals surface area contributed by atoms with Gasteiger partial charge >= 0.3 is 0 Å². The van der Waals surface area contributed by atoms with Crippen molar-refractivity contribution in [2.24, 2.45) is 0 Å². The highest BCUT2D eigenvalue weighted by molar-refractivity contribution is 5.87. The van der Waals surface area contributed by atoms with Crippen molar-refractivity contribution >= 4 is 11.4 Å². The Hall–Kier alpha value is -4.24. The van der Waals surface area contributed by atoms with Gasteiger partial charge in [-0.25, -0.2) is 8.78 Å². The van der Waals surface area contributed by atoms with Crippen molar-refractivity contribution in [3.63, 3.8) is 0 Å². The number of para-hydroxylation sites is 1. The number of hydrogen-bond donors (Lipinski definition) is 0. The van der Waals surface area contributed by atoms with Crippen LogP contribution in [0.2, 0.25) is 0 Å². The molecule has 5 aromatic rings. The highest BCUT2D eigenvalue weighted by Crippen LogP contribution is 2.40. The van der Waals surface area contributed by atoms with Crippen LogP contribution in [0.1, 0.15) is 0 Å². The molecule has 0 aliphatic heterocycles. The number of anilines is 2. The average molecular weight is 448 g/mol. The summed E-state index contributed by atoms with van der Waals surface area (Å²) in [5.41, 5.74) is 6.05. The van der Waals surface area contributed by atoms with E-state index in [1.54, 1.807) is 30.1 Å². The van der Waals surface area contributed by atoms with Crippen LogP contribution in [0.4, 0.5) is 20.2 Å². The molecule has 0 saturated heterocycles. The minimum absolute atomic E-state index is 0.317. The monoisotopic (exact) mass is 447 g/mol. The first kappa shape index (κ1) is 21.6. The van der Waals surface area contributed by atoms with Crippen LogP contribution in [0, 0.1) is 11.6 Å². The topological polar surface area (TPSA) is 3.24 Å². The van der Waals surface area contributed by atoms with Gasteiger partial charge in [0.2, 0.25) is 0 Å². The van der Waals surface area contributed by atoms with E-state index < -0.39 is 11.6 Å². The summed E-state index contributed by atoms with van der Waals surface area (Å²) in [6, 6.07) is 37.8. The second kappa shape index (κ2) is 9.32. The second-order valence-electron chi connectivity index (χ2n) is 8.18. The van der Waals surface area contributed by atoms with E-state index in [0.717, 1.165) is 27.8 Å². The third-order valence-electron chi connectivity index (χ3n) is 6.00. The Labute approximate surface area is 198 Å². The first-order valence-corrected chi connectivity index (χ1v) is 11.1. The summed E-state index contributed by atoms with van der Waals surface area (Å²) in [7, 11) is 1.69. The first-order valence-electron chi connectivity index (χ1n) is 11.1. The van der Waals surface area contributed by atoms with Crippen molar-refractivity contribution < 1.29 is 8.78 Å². The lowest BCUT2D eigenvalue weighted by atomic mass is 9.94. The zero-order valence-corrected chi connectivity index (χ0v) is 18.8. The normalized spacial score (nSPS) is 10.8. The van der Waals surface area contributed by atoms with Crippen LogP contribution in [-0.4, -0.2) is 7.05 Å². The molecule has 5 aromatic carbocycles. The van der Waals surface area contributed by atoms with Crippen molar-refractivity contribution in [3.8, 4) is 33.4 Å². The van der Waals surface area contributed by atoms with Crippen LogP contribution in [0.3, 0.4) is 0 Å². The Morgan fingerprint density at radius 1 is 0.471 bits per heavy atom. The van der Waals surface area contributed by atoms with E-state index in [9.17, 15) is 4.39 Å². The Balaban J connectivity index is 1.67. The quantitative estimate of drug-likeness (QED) is 0.260. The second-order valence-corrected chi connectivity index (χ2v) is 8.18. The van der Waals surface area contributed by atoms with Crippen molar-refractivity contribution in [2.75, 3.05) is 11.9 Å². The summed E-state index contributed by atoms with van der Waals surface area (Å²) in [6.07, 6.45) is 0.